The van der Waals surface area contributed by atoms with Crippen molar-refractivity contribution in [2.45, 2.75) is 14.7 Å². The zero-order valence-electron chi connectivity index (χ0n) is 18.6. The van der Waals surface area contributed by atoms with Gasteiger partial charge in [0.2, 0.25) is 0 Å². The lowest BCUT2D eigenvalue weighted by atomic mass is 10.0. The standard InChI is InChI=1S/C19H12N2O15S3/c22-19(11-5-12(20(23)24)8-13(6-11)21(25)26)10-1-3-15(17(7-10)38(30,31)32)36-16-4-2-14(37(27,28)29)9-18(16)39(33,34)35/h1-9H,(H,27,28,29)(H,30,31,32)(H,33,34,35). The number of hydrogen-bond acceptors (Lipinski definition) is 12. The Morgan fingerprint density at radius 3 is 1.54 bits per heavy atom. The molecule has 20 heteroatoms. The van der Waals surface area contributed by atoms with Crippen molar-refractivity contribution in [2.75, 3.05) is 0 Å². The van der Waals surface area contributed by atoms with Crippen LogP contribution in [0, 0.1) is 20.2 Å². The summed E-state index contributed by atoms with van der Waals surface area (Å²) in [5, 5.41) is 22.2. The van der Waals surface area contributed by atoms with Gasteiger partial charge in [0, 0.05) is 23.3 Å². The van der Waals surface area contributed by atoms with Crippen LogP contribution in [0.4, 0.5) is 11.4 Å². The van der Waals surface area contributed by atoms with Crippen LogP contribution in [0.15, 0.2) is 69.3 Å². The number of carbonyl (C=O) groups excluding carboxylic acids is 1. The first-order valence-electron chi connectivity index (χ1n) is 9.66. The third kappa shape index (κ3) is 6.57. The Labute approximate surface area is 217 Å². The second-order valence-electron chi connectivity index (χ2n) is 7.38. The van der Waals surface area contributed by atoms with Crippen molar-refractivity contribution in [1.82, 2.24) is 0 Å². The van der Waals surface area contributed by atoms with E-state index in [1.54, 1.807) is 0 Å². The largest absolute Gasteiger partial charge is 0.454 e. The second-order valence-corrected chi connectivity index (χ2v) is 11.6. The van der Waals surface area contributed by atoms with Crippen molar-refractivity contribution >= 4 is 47.5 Å². The third-order valence-corrected chi connectivity index (χ3v) is 7.38. The second kappa shape index (κ2) is 10.1. The SMILES string of the molecule is O=C(c1cc([N+](=O)[O-])cc([N+](=O)[O-])c1)c1ccc(Oc2ccc(S(=O)(=O)O)cc2S(=O)(=O)O)c(S(=O)(=O)O)c1. The average molecular weight is 605 g/mol. The molecule has 0 aliphatic rings. The van der Waals surface area contributed by atoms with Crippen LogP contribution < -0.4 is 4.74 Å². The zero-order valence-corrected chi connectivity index (χ0v) is 21.0. The van der Waals surface area contributed by atoms with Gasteiger partial charge in [0.25, 0.3) is 41.7 Å². The zero-order chi connectivity index (χ0) is 29.5. The summed E-state index contributed by atoms with van der Waals surface area (Å²) in [7, 11) is -15.5. The normalized spacial score (nSPS) is 12.1. The van der Waals surface area contributed by atoms with E-state index in [2.05, 4.69) is 0 Å². The van der Waals surface area contributed by atoms with Gasteiger partial charge in [-0.25, -0.2) is 0 Å². The molecule has 0 aromatic heterocycles. The van der Waals surface area contributed by atoms with Crippen LogP contribution >= 0.6 is 0 Å². The van der Waals surface area contributed by atoms with E-state index in [0.717, 1.165) is 12.1 Å². The van der Waals surface area contributed by atoms with Gasteiger partial charge in [-0.2, -0.15) is 25.3 Å². The summed E-state index contributed by atoms with van der Waals surface area (Å²) in [5.74, 6) is -2.87. The fourth-order valence-electron chi connectivity index (χ4n) is 3.09. The van der Waals surface area contributed by atoms with Crippen LogP contribution in [0.25, 0.3) is 0 Å². The summed E-state index contributed by atoms with van der Waals surface area (Å²) in [6.45, 7) is 0. The van der Waals surface area contributed by atoms with E-state index in [1.807, 2.05) is 0 Å². The molecule has 39 heavy (non-hydrogen) atoms. The Bertz CT molecular complexity index is 1850. The number of hydrogen-bond donors (Lipinski definition) is 3. The number of nitro groups is 2. The molecule has 0 aliphatic heterocycles. The van der Waals surface area contributed by atoms with E-state index in [4.69, 9.17) is 9.29 Å². The van der Waals surface area contributed by atoms with Crippen LogP contribution in [0.3, 0.4) is 0 Å². The minimum absolute atomic E-state index is 0.292. The van der Waals surface area contributed by atoms with Gasteiger partial charge in [0.15, 0.2) is 5.78 Å². The predicted octanol–water partition coefficient (Wildman–Crippen LogP) is 2.27. The van der Waals surface area contributed by atoms with Crippen molar-refractivity contribution in [3.63, 3.8) is 0 Å². The highest BCUT2D eigenvalue weighted by Crippen LogP contribution is 2.35. The topological polar surface area (TPSA) is 276 Å². The Morgan fingerprint density at radius 1 is 0.641 bits per heavy atom. The smallest absolute Gasteiger partial charge is 0.298 e. The molecular formula is C19H12N2O15S3. The summed E-state index contributed by atoms with van der Waals surface area (Å²) >= 11 is 0. The number of nitro benzene ring substituents is 2. The van der Waals surface area contributed by atoms with Gasteiger partial charge >= 0.3 is 0 Å². The first kappa shape index (κ1) is 29.2. The number of carbonyl (C=O) groups is 1. The molecule has 0 amide bonds. The van der Waals surface area contributed by atoms with Crippen molar-refractivity contribution in [3.8, 4) is 11.5 Å². The number of ether oxygens (including phenoxy) is 1. The molecule has 3 N–H and O–H groups in total. The summed E-state index contributed by atoms with van der Waals surface area (Å²) < 4.78 is 104. The van der Waals surface area contributed by atoms with Crippen molar-refractivity contribution in [2.24, 2.45) is 0 Å². The Hall–Kier alpha value is -4.34. The minimum atomic E-state index is -5.26. The van der Waals surface area contributed by atoms with E-state index < -0.39 is 94.7 Å². The molecule has 0 unspecified atom stereocenters. The van der Waals surface area contributed by atoms with Crippen LogP contribution in [0.5, 0.6) is 11.5 Å². The van der Waals surface area contributed by atoms with E-state index in [9.17, 15) is 59.4 Å². The first-order chi connectivity index (χ1) is 17.8. The molecule has 0 bridgehead atoms. The Morgan fingerprint density at radius 2 is 1.10 bits per heavy atom. The van der Waals surface area contributed by atoms with Gasteiger partial charge in [-0.3, -0.25) is 38.7 Å². The molecule has 0 atom stereocenters. The molecule has 0 aliphatic carbocycles. The Kier molecular flexibility index (Phi) is 7.56. The monoisotopic (exact) mass is 604 g/mol. The van der Waals surface area contributed by atoms with Gasteiger partial charge in [-0.1, -0.05) is 0 Å². The maximum absolute atomic E-state index is 12.9. The molecule has 3 aromatic rings. The number of ketones is 1. The van der Waals surface area contributed by atoms with E-state index in [1.165, 1.54) is 0 Å². The van der Waals surface area contributed by atoms with Gasteiger partial charge in [0.1, 0.15) is 21.3 Å². The molecule has 0 heterocycles. The maximum atomic E-state index is 12.9. The summed E-state index contributed by atoms with van der Waals surface area (Å²) in [6.07, 6.45) is 0. The molecule has 206 valence electrons. The first-order valence-corrected chi connectivity index (χ1v) is 14.0. The van der Waals surface area contributed by atoms with Crippen LogP contribution in [-0.4, -0.2) is 54.5 Å². The molecule has 0 radical (unpaired) electrons. The number of benzene rings is 3. The van der Waals surface area contributed by atoms with Gasteiger partial charge in [-0.05, 0) is 36.4 Å². The molecule has 0 saturated carbocycles. The lowest BCUT2D eigenvalue weighted by Gasteiger charge is -2.13. The van der Waals surface area contributed by atoms with Gasteiger partial charge in [0.05, 0.1) is 20.8 Å². The number of nitrogens with zero attached hydrogens (tertiary/aromatic N) is 2. The summed E-state index contributed by atoms with van der Waals surface area (Å²) in [5.41, 5.74) is -2.82. The molecule has 0 saturated heterocycles. The fraction of sp³-hybridized carbons (Fsp3) is 0. The van der Waals surface area contributed by atoms with Crippen molar-refractivity contribution in [3.05, 3.63) is 86.0 Å². The predicted molar refractivity (Wildman–Crippen MR) is 126 cm³/mol. The third-order valence-electron chi connectivity index (χ3n) is 4.78. The molecule has 0 spiro atoms. The highest BCUT2D eigenvalue weighted by molar-refractivity contribution is 7.86. The molecular weight excluding hydrogens is 592 g/mol. The van der Waals surface area contributed by atoms with Crippen LogP contribution in [0.2, 0.25) is 0 Å². The fourth-order valence-corrected chi connectivity index (χ4v) is 4.95. The van der Waals surface area contributed by atoms with Crippen molar-refractivity contribution < 1.29 is 58.3 Å². The quantitative estimate of drug-likeness (QED) is 0.137. The van der Waals surface area contributed by atoms with Crippen LogP contribution in [-0.2, 0) is 30.4 Å². The minimum Gasteiger partial charge on any atom is -0.454 e. The van der Waals surface area contributed by atoms with E-state index in [0.29, 0.717) is 42.5 Å². The average Bonchev–Trinajstić information content (AvgIpc) is 2.81. The maximum Gasteiger partial charge on any atom is 0.298 e. The lowest BCUT2D eigenvalue weighted by Crippen LogP contribution is -2.09. The molecule has 3 aromatic carbocycles. The molecule has 0 fully saturated rings. The van der Waals surface area contributed by atoms with Crippen LogP contribution in [0.1, 0.15) is 15.9 Å². The lowest BCUT2D eigenvalue weighted by molar-refractivity contribution is -0.394. The number of rotatable bonds is 9. The highest BCUT2D eigenvalue weighted by atomic mass is 32.2. The molecule has 3 rings (SSSR count). The van der Waals surface area contributed by atoms with E-state index >= 15 is 0 Å². The molecule has 17 nitrogen and oxygen atoms in total. The van der Waals surface area contributed by atoms with Gasteiger partial charge < -0.3 is 4.74 Å². The van der Waals surface area contributed by atoms with Gasteiger partial charge in [-0.15, -0.1) is 0 Å². The highest BCUT2D eigenvalue weighted by Gasteiger charge is 2.27. The summed E-state index contributed by atoms with van der Waals surface area (Å²) in [6, 6.07) is 5.60. The Balaban J connectivity index is 2.16. The number of non-ortho nitro benzene ring substituents is 2. The van der Waals surface area contributed by atoms with E-state index in [-0.39, 0.29) is 0 Å². The van der Waals surface area contributed by atoms with Crippen molar-refractivity contribution in [1.29, 1.82) is 0 Å². The summed E-state index contributed by atoms with van der Waals surface area (Å²) in [4.78, 5) is 29.7.